The number of rotatable bonds is 8. The first-order valence-electron chi connectivity index (χ1n) is 11.3. The topological polar surface area (TPSA) is 47.6 Å². The Labute approximate surface area is 201 Å². The van der Waals surface area contributed by atoms with E-state index in [0.29, 0.717) is 11.5 Å². The molecule has 0 saturated carbocycles. The molecular weight excluding hydrogens is 422 g/mol. The minimum atomic E-state index is -1.04. The van der Waals surface area contributed by atoms with Crippen molar-refractivity contribution in [2.24, 2.45) is 0 Å². The Bertz CT molecular complexity index is 1130. The Balaban J connectivity index is 1.87. The lowest BCUT2D eigenvalue weighted by molar-refractivity contribution is -0.124. The monoisotopic (exact) mass is 451 g/mol. The van der Waals surface area contributed by atoms with Crippen molar-refractivity contribution < 1.29 is 14.3 Å². The minimum Gasteiger partial charge on any atom is -0.497 e. The molecule has 1 unspecified atom stereocenters. The maximum absolute atomic E-state index is 14.4. The van der Waals surface area contributed by atoms with Gasteiger partial charge in [-0.05, 0) is 41.8 Å². The van der Waals surface area contributed by atoms with Crippen LogP contribution in [-0.2, 0) is 10.2 Å². The molecule has 0 aliphatic heterocycles. The van der Waals surface area contributed by atoms with Gasteiger partial charge in [-0.15, -0.1) is 0 Å². The highest BCUT2D eigenvalue weighted by Gasteiger charge is 2.44. The van der Waals surface area contributed by atoms with Gasteiger partial charge in [0.05, 0.1) is 20.3 Å². The molecule has 4 heteroatoms. The number of carbonyl (C=O) groups excluding carboxylic acids is 1. The fraction of sp³-hybridized carbons (Fsp3) is 0.167. The van der Waals surface area contributed by atoms with E-state index >= 15 is 0 Å². The van der Waals surface area contributed by atoms with Crippen molar-refractivity contribution >= 4 is 5.91 Å². The lowest BCUT2D eigenvalue weighted by Crippen LogP contribution is -2.47. The van der Waals surface area contributed by atoms with Crippen molar-refractivity contribution in [3.8, 4) is 11.5 Å². The van der Waals surface area contributed by atoms with E-state index in [1.54, 1.807) is 14.2 Å². The van der Waals surface area contributed by atoms with E-state index in [9.17, 15) is 4.79 Å². The Hall–Kier alpha value is -4.05. The zero-order valence-electron chi connectivity index (χ0n) is 19.7. The van der Waals surface area contributed by atoms with Gasteiger partial charge in [0, 0.05) is 5.56 Å². The number of amides is 1. The van der Waals surface area contributed by atoms with Crippen molar-refractivity contribution in [3.05, 3.63) is 131 Å². The summed E-state index contributed by atoms with van der Waals surface area (Å²) < 4.78 is 11.0. The van der Waals surface area contributed by atoms with Crippen LogP contribution >= 0.6 is 0 Å². The van der Waals surface area contributed by atoms with Crippen molar-refractivity contribution in [2.75, 3.05) is 14.2 Å². The molecule has 0 fully saturated rings. The fourth-order valence-corrected chi connectivity index (χ4v) is 4.52. The first-order valence-corrected chi connectivity index (χ1v) is 11.3. The number of nitrogens with one attached hydrogen (secondary N) is 1. The van der Waals surface area contributed by atoms with E-state index in [1.165, 1.54) is 0 Å². The summed E-state index contributed by atoms with van der Waals surface area (Å²) in [6.45, 7) is 1.96. The standard InChI is InChI=1S/C30H29NO3/c1-22(27-21-26(33-2)19-20-28(27)34-3)31-29(32)30(23-13-7-4-8-14-23,24-15-9-5-10-16-24)25-17-11-6-12-18-25/h4-22H,1-3H3,(H,31,32). The molecule has 34 heavy (non-hydrogen) atoms. The Morgan fingerprint density at radius 2 is 1.18 bits per heavy atom. The largest absolute Gasteiger partial charge is 0.497 e. The molecule has 4 aromatic rings. The molecule has 0 saturated heterocycles. The fourth-order valence-electron chi connectivity index (χ4n) is 4.52. The average molecular weight is 452 g/mol. The predicted octanol–water partition coefficient (Wildman–Crippen LogP) is 5.92. The van der Waals surface area contributed by atoms with Gasteiger partial charge < -0.3 is 14.8 Å². The molecule has 0 radical (unpaired) electrons. The molecule has 1 amide bonds. The van der Waals surface area contributed by atoms with E-state index in [2.05, 4.69) is 5.32 Å². The Kier molecular flexibility index (Phi) is 6.98. The highest BCUT2D eigenvalue weighted by molar-refractivity contribution is 5.96. The Morgan fingerprint density at radius 1 is 0.706 bits per heavy atom. The summed E-state index contributed by atoms with van der Waals surface area (Å²) in [7, 11) is 3.25. The van der Waals surface area contributed by atoms with E-state index in [0.717, 1.165) is 22.3 Å². The summed E-state index contributed by atoms with van der Waals surface area (Å²) in [5.74, 6) is 1.28. The van der Waals surface area contributed by atoms with Crippen molar-refractivity contribution in [3.63, 3.8) is 0 Å². The molecule has 4 aromatic carbocycles. The molecule has 1 N–H and O–H groups in total. The van der Waals surface area contributed by atoms with Gasteiger partial charge in [-0.1, -0.05) is 91.0 Å². The molecule has 0 aliphatic rings. The zero-order chi connectivity index (χ0) is 24.0. The number of benzene rings is 4. The molecule has 1 atom stereocenters. The summed E-state index contributed by atoms with van der Waals surface area (Å²) in [6, 6.07) is 35.1. The van der Waals surface area contributed by atoms with E-state index < -0.39 is 5.41 Å². The number of carbonyl (C=O) groups is 1. The summed E-state index contributed by atoms with van der Waals surface area (Å²) in [4.78, 5) is 14.4. The van der Waals surface area contributed by atoms with Gasteiger partial charge in [-0.3, -0.25) is 4.79 Å². The second kappa shape index (κ2) is 10.3. The van der Waals surface area contributed by atoms with Crippen LogP contribution < -0.4 is 14.8 Å². The third-order valence-electron chi connectivity index (χ3n) is 6.21. The van der Waals surface area contributed by atoms with Gasteiger partial charge >= 0.3 is 0 Å². The third-order valence-corrected chi connectivity index (χ3v) is 6.21. The molecule has 4 rings (SSSR count). The van der Waals surface area contributed by atoms with Crippen molar-refractivity contribution in [1.29, 1.82) is 0 Å². The highest BCUT2D eigenvalue weighted by atomic mass is 16.5. The molecule has 0 aliphatic carbocycles. The molecule has 172 valence electrons. The van der Waals surface area contributed by atoms with Gasteiger partial charge in [0.25, 0.3) is 0 Å². The lowest BCUT2D eigenvalue weighted by atomic mass is 9.68. The average Bonchev–Trinajstić information content (AvgIpc) is 2.90. The zero-order valence-corrected chi connectivity index (χ0v) is 19.7. The molecular formula is C30H29NO3. The van der Waals surface area contributed by atoms with Crippen LogP contribution in [0.1, 0.15) is 35.2 Å². The van der Waals surface area contributed by atoms with Crippen molar-refractivity contribution in [2.45, 2.75) is 18.4 Å². The predicted molar refractivity (Wildman–Crippen MR) is 135 cm³/mol. The summed E-state index contributed by atoms with van der Waals surface area (Å²) in [6.07, 6.45) is 0. The quantitative estimate of drug-likeness (QED) is 0.339. The van der Waals surface area contributed by atoms with Crippen LogP contribution in [-0.4, -0.2) is 20.1 Å². The van der Waals surface area contributed by atoms with E-state index in [4.69, 9.17) is 9.47 Å². The third kappa shape index (κ3) is 4.27. The van der Waals surface area contributed by atoms with Gasteiger partial charge in [0.15, 0.2) is 0 Å². The molecule has 0 spiro atoms. The van der Waals surface area contributed by atoms with E-state index in [-0.39, 0.29) is 11.9 Å². The highest BCUT2D eigenvalue weighted by Crippen LogP contribution is 2.40. The van der Waals surface area contributed by atoms with Crippen molar-refractivity contribution in [1.82, 2.24) is 5.32 Å². The minimum absolute atomic E-state index is 0.117. The van der Waals surface area contributed by atoms with Crippen LogP contribution in [0.5, 0.6) is 11.5 Å². The number of methoxy groups -OCH3 is 2. The smallest absolute Gasteiger partial charge is 0.240 e. The molecule has 0 aromatic heterocycles. The van der Waals surface area contributed by atoms with Gasteiger partial charge in [-0.2, -0.15) is 0 Å². The first kappa shape index (κ1) is 23.1. The van der Waals surface area contributed by atoms with E-state index in [1.807, 2.05) is 116 Å². The number of ether oxygens (including phenoxy) is 2. The van der Waals surface area contributed by atoms with Crippen LogP contribution in [0, 0.1) is 0 Å². The van der Waals surface area contributed by atoms with Gasteiger partial charge in [0.1, 0.15) is 16.9 Å². The summed E-state index contributed by atoms with van der Waals surface area (Å²) >= 11 is 0. The number of hydrogen-bond donors (Lipinski definition) is 1. The van der Waals surface area contributed by atoms with Crippen LogP contribution in [0.2, 0.25) is 0 Å². The maximum Gasteiger partial charge on any atom is 0.240 e. The second-order valence-corrected chi connectivity index (χ2v) is 8.15. The SMILES string of the molecule is COc1ccc(OC)c(C(C)NC(=O)C(c2ccccc2)(c2ccccc2)c2ccccc2)c1. The van der Waals surface area contributed by atoms with Crippen LogP contribution in [0.25, 0.3) is 0 Å². The summed E-state index contributed by atoms with van der Waals surface area (Å²) in [5.41, 5.74) is 2.50. The Morgan fingerprint density at radius 3 is 1.59 bits per heavy atom. The molecule has 4 nitrogen and oxygen atoms in total. The second-order valence-electron chi connectivity index (χ2n) is 8.15. The first-order chi connectivity index (χ1) is 16.6. The molecule has 0 bridgehead atoms. The number of hydrogen-bond acceptors (Lipinski definition) is 3. The normalized spacial score (nSPS) is 12.0. The molecule has 0 heterocycles. The summed E-state index contributed by atoms with van der Waals surface area (Å²) in [5, 5.41) is 3.28. The lowest BCUT2D eigenvalue weighted by Gasteiger charge is -2.35. The van der Waals surface area contributed by atoms with Gasteiger partial charge in [0.2, 0.25) is 5.91 Å². The van der Waals surface area contributed by atoms with Crippen LogP contribution in [0.15, 0.2) is 109 Å². The van der Waals surface area contributed by atoms with Crippen LogP contribution in [0.3, 0.4) is 0 Å². The maximum atomic E-state index is 14.4. The van der Waals surface area contributed by atoms with Crippen LogP contribution in [0.4, 0.5) is 0 Å². The van der Waals surface area contributed by atoms with Gasteiger partial charge in [-0.25, -0.2) is 0 Å².